The molecule has 76 valence electrons. The van der Waals surface area contributed by atoms with Gasteiger partial charge in [0.1, 0.15) is 0 Å². The highest BCUT2D eigenvalue weighted by atomic mass is 28.3. The van der Waals surface area contributed by atoms with E-state index in [-0.39, 0.29) is 0 Å². The quantitative estimate of drug-likeness (QED) is 0.509. The lowest BCUT2D eigenvalue weighted by Gasteiger charge is -2.28. The molecule has 0 aliphatic heterocycles. The summed E-state index contributed by atoms with van der Waals surface area (Å²) in [5.74, 6) is 0. The van der Waals surface area contributed by atoms with Crippen molar-refractivity contribution < 1.29 is 0 Å². The van der Waals surface area contributed by atoms with Gasteiger partial charge < -0.3 is 0 Å². The van der Waals surface area contributed by atoms with Crippen LogP contribution in [0.1, 0.15) is 17.5 Å². The predicted octanol–water partition coefficient (Wildman–Crippen LogP) is 4.22. The van der Waals surface area contributed by atoms with Crippen molar-refractivity contribution in [3.05, 3.63) is 48.6 Å². The predicted molar refractivity (Wildman–Crippen MR) is 67.3 cm³/mol. The standard InChI is InChI=1S/C13H20Si/c1-5-9-13(14(2,3)4)12-10-7-6-8-11-12/h5-8,10-11,13H,1,9H2,2-4H3. The molecule has 1 rings (SSSR count). The number of allylic oxidation sites excluding steroid dienone is 1. The molecule has 0 nitrogen and oxygen atoms in total. The fourth-order valence-corrected chi connectivity index (χ4v) is 3.91. The van der Waals surface area contributed by atoms with E-state index < -0.39 is 8.07 Å². The summed E-state index contributed by atoms with van der Waals surface area (Å²) in [6.07, 6.45) is 3.16. The lowest BCUT2D eigenvalue weighted by Crippen LogP contribution is -2.30. The van der Waals surface area contributed by atoms with Crippen molar-refractivity contribution in [2.45, 2.75) is 31.6 Å². The Hall–Kier alpha value is -0.823. The maximum atomic E-state index is 3.86. The fraction of sp³-hybridized carbons (Fsp3) is 0.385. The molecule has 0 heterocycles. The maximum absolute atomic E-state index is 3.86. The summed E-state index contributed by atoms with van der Waals surface area (Å²) in [5, 5.41) is 0. The molecular formula is C13H20Si. The molecule has 0 saturated heterocycles. The minimum absolute atomic E-state index is 0.709. The third kappa shape index (κ3) is 2.84. The Balaban J connectivity index is 2.95. The smallest absolute Gasteiger partial charge is 0.0525 e. The van der Waals surface area contributed by atoms with Gasteiger partial charge in [-0.25, -0.2) is 0 Å². The van der Waals surface area contributed by atoms with Gasteiger partial charge in [0.25, 0.3) is 0 Å². The van der Waals surface area contributed by atoms with Gasteiger partial charge in [0.05, 0.1) is 8.07 Å². The van der Waals surface area contributed by atoms with Crippen molar-refractivity contribution in [2.24, 2.45) is 0 Å². The molecule has 0 saturated carbocycles. The van der Waals surface area contributed by atoms with Crippen LogP contribution in [0.2, 0.25) is 19.6 Å². The van der Waals surface area contributed by atoms with E-state index in [0.717, 1.165) is 6.42 Å². The van der Waals surface area contributed by atoms with Gasteiger partial charge in [-0.05, 0) is 17.5 Å². The zero-order chi connectivity index (χ0) is 10.6. The molecule has 0 aliphatic carbocycles. The maximum Gasteiger partial charge on any atom is 0.0525 e. The molecule has 1 unspecified atom stereocenters. The van der Waals surface area contributed by atoms with E-state index in [9.17, 15) is 0 Å². The van der Waals surface area contributed by atoms with Gasteiger partial charge >= 0.3 is 0 Å². The Bertz CT molecular complexity index is 282. The first-order valence-electron chi connectivity index (χ1n) is 5.21. The molecule has 1 aromatic carbocycles. The Kier molecular flexibility index (Phi) is 3.70. The number of hydrogen-bond acceptors (Lipinski definition) is 0. The summed E-state index contributed by atoms with van der Waals surface area (Å²) in [6, 6.07) is 10.8. The second kappa shape index (κ2) is 4.60. The van der Waals surface area contributed by atoms with Gasteiger partial charge in [-0.2, -0.15) is 0 Å². The number of hydrogen-bond donors (Lipinski definition) is 0. The van der Waals surface area contributed by atoms with Gasteiger partial charge in [0.2, 0.25) is 0 Å². The van der Waals surface area contributed by atoms with Gasteiger partial charge in [-0.3, -0.25) is 0 Å². The van der Waals surface area contributed by atoms with Crippen LogP contribution in [0.5, 0.6) is 0 Å². The highest BCUT2D eigenvalue weighted by molar-refractivity contribution is 6.77. The molecule has 0 aliphatic rings. The topological polar surface area (TPSA) is 0 Å². The summed E-state index contributed by atoms with van der Waals surface area (Å²) in [7, 11) is -1.12. The summed E-state index contributed by atoms with van der Waals surface area (Å²) < 4.78 is 0. The zero-order valence-corrected chi connectivity index (χ0v) is 10.5. The minimum Gasteiger partial charge on any atom is -0.103 e. The van der Waals surface area contributed by atoms with Crippen LogP contribution in [0.3, 0.4) is 0 Å². The van der Waals surface area contributed by atoms with E-state index in [1.165, 1.54) is 5.56 Å². The summed E-state index contributed by atoms with van der Waals surface area (Å²) in [5.41, 5.74) is 2.19. The van der Waals surface area contributed by atoms with Crippen molar-refractivity contribution in [3.63, 3.8) is 0 Å². The number of benzene rings is 1. The van der Waals surface area contributed by atoms with Crippen LogP contribution in [0.4, 0.5) is 0 Å². The normalized spacial score (nSPS) is 13.6. The van der Waals surface area contributed by atoms with Crippen LogP contribution in [-0.4, -0.2) is 8.07 Å². The SMILES string of the molecule is C=CCC(c1ccccc1)[Si](C)(C)C. The third-order valence-electron chi connectivity index (χ3n) is 2.65. The lowest BCUT2D eigenvalue weighted by atomic mass is 10.1. The number of rotatable bonds is 4. The zero-order valence-electron chi connectivity index (χ0n) is 9.46. The molecule has 1 aromatic rings. The van der Waals surface area contributed by atoms with Crippen molar-refractivity contribution in [3.8, 4) is 0 Å². The van der Waals surface area contributed by atoms with Gasteiger partial charge in [0, 0.05) is 0 Å². The Morgan fingerprint density at radius 3 is 2.21 bits per heavy atom. The molecule has 0 bridgehead atoms. The molecule has 1 atom stereocenters. The van der Waals surface area contributed by atoms with Crippen molar-refractivity contribution >= 4 is 8.07 Å². The molecule has 0 aromatic heterocycles. The lowest BCUT2D eigenvalue weighted by molar-refractivity contribution is 0.910. The van der Waals surface area contributed by atoms with E-state index in [2.05, 4.69) is 62.6 Å². The van der Waals surface area contributed by atoms with Crippen LogP contribution < -0.4 is 0 Å². The molecule has 0 radical (unpaired) electrons. The van der Waals surface area contributed by atoms with Gasteiger partial charge in [0.15, 0.2) is 0 Å². The van der Waals surface area contributed by atoms with Crippen molar-refractivity contribution in [2.75, 3.05) is 0 Å². The Morgan fingerprint density at radius 2 is 1.79 bits per heavy atom. The van der Waals surface area contributed by atoms with Crippen molar-refractivity contribution in [1.82, 2.24) is 0 Å². The second-order valence-corrected chi connectivity index (χ2v) is 10.3. The first-order valence-corrected chi connectivity index (χ1v) is 8.79. The van der Waals surface area contributed by atoms with Crippen LogP contribution in [0.25, 0.3) is 0 Å². The molecule has 0 spiro atoms. The van der Waals surface area contributed by atoms with Gasteiger partial charge in [-0.1, -0.05) is 56.0 Å². The van der Waals surface area contributed by atoms with E-state index >= 15 is 0 Å². The molecule has 0 fully saturated rings. The van der Waals surface area contributed by atoms with E-state index in [1.54, 1.807) is 0 Å². The fourth-order valence-electron chi connectivity index (χ4n) is 1.84. The molecular weight excluding hydrogens is 184 g/mol. The third-order valence-corrected chi connectivity index (χ3v) is 5.31. The van der Waals surface area contributed by atoms with Crippen LogP contribution in [0, 0.1) is 0 Å². The second-order valence-electron chi connectivity index (χ2n) is 4.85. The summed E-state index contributed by atoms with van der Waals surface area (Å²) >= 11 is 0. The van der Waals surface area contributed by atoms with E-state index in [0.29, 0.717) is 5.54 Å². The largest absolute Gasteiger partial charge is 0.103 e. The first-order chi connectivity index (χ1) is 6.55. The van der Waals surface area contributed by atoms with E-state index in [1.807, 2.05) is 0 Å². The van der Waals surface area contributed by atoms with Gasteiger partial charge in [-0.15, -0.1) is 6.58 Å². The average Bonchev–Trinajstić information content (AvgIpc) is 2.14. The van der Waals surface area contributed by atoms with Crippen molar-refractivity contribution in [1.29, 1.82) is 0 Å². The summed E-state index contributed by atoms with van der Waals surface area (Å²) in [6.45, 7) is 11.1. The molecule has 0 N–H and O–H groups in total. The monoisotopic (exact) mass is 204 g/mol. The molecule has 0 amide bonds. The molecule has 1 heteroatoms. The van der Waals surface area contributed by atoms with Crippen LogP contribution >= 0.6 is 0 Å². The van der Waals surface area contributed by atoms with Crippen LogP contribution in [0.15, 0.2) is 43.0 Å². The average molecular weight is 204 g/mol. The van der Waals surface area contributed by atoms with E-state index in [4.69, 9.17) is 0 Å². The van der Waals surface area contributed by atoms with Crippen LogP contribution in [-0.2, 0) is 0 Å². The highest BCUT2D eigenvalue weighted by Crippen LogP contribution is 2.30. The Labute approximate surface area is 88.7 Å². The molecule has 14 heavy (non-hydrogen) atoms. The minimum atomic E-state index is -1.12. The Morgan fingerprint density at radius 1 is 1.21 bits per heavy atom. The first kappa shape index (κ1) is 11.3. The highest BCUT2D eigenvalue weighted by Gasteiger charge is 2.26. The summed E-state index contributed by atoms with van der Waals surface area (Å²) in [4.78, 5) is 0.